The topological polar surface area (TPSA) is 49.3 Å². The predicted molar refractivity (Wildman–Crippen MR) is 75.7 cm³/mol. The molecule has 0 aromatic heterocycles. The van der Waals surface area contributed by atoms with Gasteiger partial charge in [-0.3, -0.25) is 4.55 Å². The Labute approximate surface area is 123 Å². The summed E-state index contributed by atoms with van der Waals surface area (Å²) < 4.78 is 22.1. The van der Waals surface area contributed by atoms with Crippen LogP contribution in [0.25, 0.3) is 0 Å². The maximum absolute atomic E-state index is 10.7. The van der Waals surface area contributed by atoms with E-state index in [9.17, 15) is 4.21 Å². The van der Waals surface area contributed by atoms with Gasteiger partial charge in [0.05, 0.1) is 10.0 Å². The molecule has 1 saturated carbocycles. The highest BCUT2D eigenvalue weighted by molar-refractivity contribution is 7.77. The average molecular weight is 329 g/mol. The molecule has 0 aliphatic heterocycles. The molecule has 0 amide bonds. The molecule has 0 radical (unpaired) electrons. The molecule has 18 heavy (non-hydrogen) atoms. The molecular weight excluding hydrogens is 317 g/mol. The van der Waals surface area contributed by atoms with Gasteiger partial charge < -0.3 is 0 Å². The Morgan fingerprint density at radius 2 is 2.17 bits per heavy atom. The zero-order chi connectivity index (χ0) is 13.3. The van der Waals surface area contributed by atoms with E-state index in [1.165, 1.54) is 0 Å². The zero-order valence-electron chi connectivity index (χ0n) is 9.33. The SMILES string of the molecule is O=S(O)NC[C@]1(c2ccc(Cl)c(Cl)c2)C[C@@H]1CCl. The standard InChI is InChI=1S/C11H12Cl3NO2S/c12-5-8-4-11(8,6-15-18(16)17)7-1-2-9(13)10(14)3-7/h1-3,8,15H,4-6H2,(H,16,17)/t8-,11+/m1/s1. The molecule has 0 bridgehead atoms. The van der Waals surface area contributed by atoms with Crippen molar-refractivity contribution < 1.29 is 8.76 Å². The van der Waals surface area contributed by atoms with Crippen molar-refractivity contribution in [3.05, 3.63) is 33.8 Å². The molecule has 2 N–H and O–H groups in total. The fraction of sp³-hybridized carbons (Fsp3) is 0.455. The number of benzene rings is 1. The number of nitrogens with one attached hydrogen (secondary N) is 1. The van der Waals surface area contributed by atoms with Gasteiger partial charge in [0, 0.05) is 17.8 Å². The summed E-state index contributed by atoms with van der Waals surface area (Å²) in [5, 5.41) is 0.983. The Morgan fingerprint density at radius 3 is 2.67 bits per heavy atom. The van der Waals surface area contributed by atoms with Gasteiger partial charge in [-0.1, -0.05) is 29.3 Å². The van der Waals surface area contributed by atoms with Crippen molar-refractivity contribution in [2.24, 2.45) is 5.92 Å². The van der Waals surface area contributed by atoms with E-state index in [-0.39, 0.29) is 11.3 Å². The summed E-state index contributed by atoms with van der Waals surface area (Å²) in [4.78, 5) is 0. The average Bonchev–Trinajstić information content (AvgIpc) is 3.05. The van der Waals surface area contributed by atoms with E-state index in [4.69, 9.17) is 39.4 Å². The first kappa shape index (κ1) is 14.6. The van der Waals surface area contributed by atoms with E-state index in [1.807, 2.05) is 6.07 Å². The normalized spacial score (nSPS) is 28.1. The minimum absolute atomic E-state index is 0.214. The van der Waals surface area contributed by atoms with Crippen LogP contribution in [0.3, 0.4) is 0 Å². The van der Waals surface area contributed by atoms with Crippen molar-refractivity contribution in [3.63, 3.8) is 0 Å². The van der Waals surface area contributed by atoms with Crippen molar-refractivity contribution in [1.29, 1.82) is 0 Å². The van der Waals surface area contributed by atoms with Gasteiger partial charge >= 0.3 is 0 Å². The molecule has 0 saturated heterocycles. The van der Waals surface area contributed by atoms with Crippen LogP contribution in [0, 0.1) is 5.92 Å². The first-order valence-corrected chi connectivity index (χ1v) is 7.75. The van der Waals surface area contributed by atoms with Crippen LogP contribution in [0.2, 0.25) is 10.0 Å². The highest BCUT2D eigenvalue weighted by atomic mass is 35.5. The van der Waals surface area contributed by atoms with Crippen molar-refractivity contribution in [2.75, 3.05) is 12.4 Å². The second-order valence-corrected chi connectivity index (χ2v) is 6.32. The van der Waals surface area contributed by atoms with Crippen molar-refractivity contribution >= 4 is 46.1 Å². The van der Waals surface area contributed by atoms with Gasteiger partial charge in [-0.2, -0.15) is 0 Å². The number of halogens is 3. The first-order valence-electron chi connectivity index (χ1n) is 5.35. The van der Waals surface area contributed by atoms with E-state index < -0.39 is 11.3 Å². The minimum atomic E-state index is -2.02. The lowest BCUT2D eigenvalue weighted by Gasteiger charge is -2.18. The van der Waals surface area contributed by atoms with Crippen LogP contribution >= 0.6 is 34.8 Å². The Balaban J connectivity index is 2.25. The lowest BCUT2D eigenvalue weighted by molar-refractivity contribution is 0.531. The zero-order valence-corrected chi connectivity index (χ0v) is 12.4. The Bertz CT molecular complexity index is 485. The molecule has 0 spiro atoms. The van der Waals surface area contributed by atoms with E-state index in [0.717, 1.165) is 12.0 Å². The molecular formula is C11H12Cl3NO2S. The smallest absolute Gasteiger partial charge is 0.231 e. The van der Waals surface area contributed by atoms with E-state index in [1.54, 1.807) is 12.1 Å². The maximum atomic E-state index is 10.7. The predicted octanol–water partition coefficient (Wildman–Crippen LogP) is 3.22. The van der Waals surface area contributed by atoms with Crippen LogP contribution in [-0.2, 0) is 16.7 Å². The van der Waals surface area contributed by atoms with Crippen LogP contribution < -0.4 is 4.72 Å². The molecule has 1 aliphatic carbocycles. The van der Waals surface area contributed by atoms with Crippen LogP contribution in [0.15, 0.2) is 18.2 Å². The summed E-state index contributed by atoms with van der Waals surface area (Å²) in [6.07, 6.45) is 0.874. The van der Waals surface area contributed by atoms with E-state index >= 15 is 0 Å². The summed E-state index contributed by atoms with van der Waals surface area (Å²) in [7, 11) is 0. The van der Waals surface area contributed by atoms with Gasteiger partial charge in [-0.15, -0.1) is 11.6 Å². The van der Waals surface area contributed by atoms with Gasteiger partial charge in [-0.05, 0) is 30.0 Å². The molecule has 0 heterocycles. The molecule has 1 aromatic carbocycles. The fourth-order valence-corrected chi connectivity index (χ4v) is 3.34. The number of rotatable bonds is 5. The summed E-state index contributed by atoms with van der Waals surface area (Å²) >= 11 is 15.8. The summed E-state index contributed by atoms with van der Waals surface area (Å²) in [5.41, 5.74) is 0.787. The van der Waals surface area contributed by atoms with Crippen molar-refractivity contribution in [3.8, 4) is 0 Å². The molecule has 1 aliphatic rings. The highest BCUT2D eigenvalue weighted by Crippen LogP contribution is 2.55. The number of hydrogen-bond donors (Lipinski definition) is 2. The quantitative estimate of drug-likeness (QED) is 0.644. The van der Waals surface area contributed by atoms with Crippen molar-refractivity contribution in [2.45, 2.75) is 11.8 Å². The van der Waals surface area contributed by atoms with Crippen molar-refractivity contribution in [1.82, 2.24) is 4.72 Å². The maximum Gasteiger partial charge on any atom is 0.231 e. The molecule has 100 valence electrons. The van der Waals surface area contributed by atoms with Gasteiger partial charge in [0.15, 0.2) is 0 Å². The molecule has 1 unspecified atom stereocenters. The van der Waals surface area contributed by atoms with Gasteiger partial charge in [-0.25, -0.2) is 8.93 Å². The third-order valence-corrected chi connectivity index (χ3v) is 4.93. The van der Waals surface area contributed by atoms with E-state index in [0.29, 0.717) is 22.5 Å². The Kier molecular flexibility index (Phi) is 4.57. The third-order valence-electron chi connectivity index (χ3n) is 3.42. The fourth-order valence-electron chi connectivity index (χ4n) is 2.25. The lowest BCUT2D eigenvalue weighted by Crippen LogP contribution is -2.30. The van der Waals surface area contributed by atoms with Gasteiger partial charge in [0.25, 0.3) is 0 Å². The Morgan fingerprint density at radius 1 is 1.44 bits per heavy atom. The second kappa shape index (κ2) is 5.65. The van der Waals surface area contributed by atoms with Gasteiger partial charge in [0.2, 0.25) is 11.3 Å². The summed E-state index contributed by atoms with van der Waals surface area (Å²) in [6.45, 7) is 0.394. The van der Waals surface area contributed by atoms with E-state index in [2.05, 4.69) is 4.72 Å². The summed E-state index contributed by atoms with van der Waals surface area (Å²) in [6, 6.07) is 5.43. The third kappa shape index (κ3) is 2.84. The molecule has 2 rings (SSSR count). The Hall–Kier alpha value is 0.160. The lowest BCUT2D eigenvalue weighted by atomic mass is 9.94. The number of alkyl halides is 1. The molecule has 7 heteroatoms. The molecule has 3 atom stereocenters. The number of hydrogen-bond acceptors (Lipinski definition) is 1. The molecule has 1 fully saturated rings. The van der Waals surface area contributed by atoms with Crippen LogP contribution in [-0.4, -0.2) is 21.2 Å². The van der Waals surface area contributed by atoms with Crippen LogP contribution in [0.5, 0.6) is 0 Å². The molecule has 1 aromatic rings. The second-order valence-electron chi connectivity index (χ2n) is 4.41. The monoisotopic (exact) mass is 327 g/mol. The summed E-state index contributed by atoms with van der Waals surface area (Å²) in [5.74, 6) is 0.799. The minimum Gasteiger partial charge on any atom is -0.294 e. The molecule has 3 nitrogen and oxygen atoms in total. The first-order chi connectivity index (χ1) is 8.49. The van der Waals surface area contributed by atoms with Crippen LogP contribution in [0.1, 0.15) is 12.0 Å². The van der Waals surface area contributed by atoms with Gasteiger partial charge in [0.1, 0.15) is 0 Å². The highest BCUT2D eigenvalue weighted by Gasteiger charge is 2.54. The largest absolute Gasteiger partial charge is 0.294 e. The van der Waals surface area contributed by atoms with Crippen LogP contribution in [0.4, 0.5) is 0 Å².